The lowest BCUT2D eigenvalue weighted by molar-refractivity contribution is -0.132. The molecule has 4 rings (SSSR count). The summed E-state index contributed by atoms with van der Waals surface area (Å²) in [4.78, 5) is 15.7. The Labute approximate surface area is 162 Å². The molecule has 1 aliphatic rings. The zero-order valence-electron chi connectivity index (χ0n) is 15.3. The maximum absolute atomic E-state index is 12.4. The van der Waals surface area contributed by atoms with Crippen molar-refractivity contribution < 1.29 is 4.79 Å². The molecule has 0 bridgehead atoms. The minimum atomic E-state index is 0.205. The van der Waals surface area contributed by atoms with Gasteiger partial charge in [0.1, 0.15) is 5.82 Å². The number of carbonyl (C=O) groups is 1. The number of nitrogens with one attached hydrogen (secondary N) is 1. The van der Waals surface area contributed by atoms with E-state index in [9.17, 15) is 4.79 Å². The predicted molar refractivity (Wildman–Crippen MR) is 106 cm³/mol. The minimum absolute atomic E-state index is 0.205. The number of amides is 1. The zero-order chi connectivity index (χ0) is 18.5. The van der Waals surface area contributed by atoms with E-state index in [2.05, 4.69) is 38.1 Å². The summed E-state index contributed by atoms with van der Waals surface area (Å²) in [6.07, 6.45) is 5.44. The lowest BCUT2D eigenvalue weighted by Crippen LogP contribution is -2.35. The molecular weight excluding hydrogens is 360 g/mol. The maximum Gasteiger partial charge on any atom is 0.223 e. The molecular formula is C19H24N6OS. The standard InChI is InChI=1S/C19H24N6OS/c26-19(24-12-2-1-3-13-24)9-8-18-22-21-17-7-6-16(23-25(17)18)20-11-10-15-5-4-14-27-15/h4-7,14H,1-3,8-13H2,(H,20,23). The van der Waals surface area contributed by atoms with Crippen LogP contribution in [0.2, 0.25) is 0 Å². The Balaban J connectivity index is 1.37. The van der Waals surface area contributed by atoms with Crippen LogP contribution in [-0.4, -0.2) is 50.3 Å². The molecule has 0 radical (unpaired) electrons. The van der Waals surface area contributed by atoms with Crippen molar-refractivity contribution in [2.24, 2.45) is 0 Å². The number of thiophene rings is 1. The number of fused-ring (bicyclic) bond motifs is 1. The van der Waals surface area contributed by atoms with Crippen LogP contribution in [0.3, 0.4) is 0 Å². The molecule has 27 heavy (non-hydrogen) atoms. The second kappa shape index (κ2) is 8.47. The molecule has 0 aliphatic carbocycles. The molecule has 4 heterocycles. The zero-order valence-corrected chi connectivity index (χ0v) is 16.1. The van der Waals surface area contributed by atoms with Gasteiger partial charge in [-0.1, -0.05) is 6.07 Å². The van der Waals surface area contributed by atoms with Crippen molar-refractivity contribution >= 4 is 28.7 Å². The topological polar surface area (TPSA) is 75.4 Å². The second-order valence-corrected chi connectivity index (χ2v) is 7.83. The number of likely N-dealkylation sites (tertiary alicyclic amines) is 1. The fraction of sp³-hybridized carbons (Fsp3) is 0.474. The summed E-state index contributed by atoms with van der Waals surface area (Å²) >= 11 is 1.76. The quantitative estimate of drug-likeness (QED) is 0.678. The van der Waals surface area contributed by atoms with Crippen LogP contribution in [0.4, 0.5) is 5.82 Å². The van der Waals surface area contributed by atoms with E-state index >= 15 is 0 Å². The van der Waals surface area contributed by atoms with Crippen LogP contribution < -0.4 is 5.32 Å². The summed E-state index contributed by atoms with van der Waals surface area (Å²) in [6.45, 7) is 2.59. The van der Waals surface area contributed by atoms with Gasteiger partial charge in [0.25, 0.3) is 0 Å². The van der Waals surface area contributed by atoms with Crippen LogP contribution in [0.25, 0.3) is 5.65 Å². The van der Waals surface area contributed by atoms with Crippen LogP contribution >= 0.6 is 11.3 Å². The number of hydrogen-bond acceptors (Lipinski definition) is 6. The molecule has 142 valence electrons. The minimum Gasteiger partial charge on any atom is -0.368 e. The highest BCUT2D eigenvalue weighted by Gasteiger charge is 2.17. The molecule has 8 heteroatoms. The van der Waals surface area contributed by atoms with E-state index < -0.39 is 0 Å². The molecule has 0 aromatic carbocycles. The van der Waals surface area contributed by atoms with Gasteiger partial charge in [-0.05, 0) is 49.3 Å². The second-order valence-electron chi connectivity index (χ2n) is 6.80. The Morgan fingerprint density at radius 1 is 1.11 bits per heavy atom. The summed E-state index contributed by atoms with van der Waals surface area (Å²) in [5, 5.41) is 18.4. The third-order valence-electron chi connectivity index (χ3n) is 4.86. The number of aryl methyl sites for hydroxylation is 1. The number of hydrogen-bond donors (Lipinski definition) is 1. The van der Waals surface area contributed by atoms with E-state index in [0.29, 0.717) is 18.5 Å². The van der Waals surface area contributed by atoms with E-state index in [1.165, 1.54) is 11.3 Å². The van der Waals surface area contributed by atoms with E-state index in [0.717, 1.165) is 50.5 Å². The van der Waals surface area contributed by atoms with Crippen molar-refractivity contribution in [1.29, 1.82) is 0 Å². The molecule has 1 aliphatic heterocycles. The first-order valence-electron chi connectivity index (χ1n) is 9.55. The highest BCUT2D eigenvalue weighted by atomic mass is 32.1. The molecule has 0 unspecified atom stereocenters. The van der Waals surface area contributed by atoms with Crippen LogP contribution in [0, 0.1) is 0 Å². The van der Waals surface area contributed by atoms with Gasteiger partial charge < -0.3 is 10.2 Å². The Hall–Kier alpha value is -2.48. The number of anilines is 1. The van der Waals surface area contributed by atoms with Crippen molar-refractivity contribution in [1.82, 2.24) is 24.7 Å². The lowest BCUT2D eigenvalue weighted by Gasteiger charge is -2.26. The van der Waals surface area contributed by atoms with E-state index in [1.807, 2.05) is 17.0 Å². The number of carbonyl (C=O) groups excluding carboxylic acids is 1. The van der Waals surface area contributed by atoms with Crippen molar-refractivity contribution in [2.45, 2.75) is 38.5 Å². The number of nitrogens with zero attached hydrogens (tertiary/aromatic N) is 5. The summed E-state index contributed by atoms with van der Waals surface area (Å²) in [5.74, 6) is 1.73. The molecule has 0 spiro atoms. The highest BCUT2D eigenvalue weighted by Crippen LogP contribution is 2.13. The third-order valence-corrected chi connectivity index (χ3v) is 5.79. The van der Waals surface area contributed by atoms with E-state index in [-0.39, 0.29) is 5.91 Å². The molecule has 1 saturated heterocycles. The molecule has 1 fully saturated rings. The van der Waals surface area contributed by atoms with Crippen LogP contribution in [0.15, 0.2) is 29.6 Å². The molecule has 3 aromatic rings. The van der Waals surface area contributed by atoms with Crippen molar-refractivity contribution in [2.75, 3.05) is 25.0 Å². The first-order chi connectivity index (χ1) is 13.3. The average Bonchev–Trinajstić information content (AvgIpc) is 3.36. The Kier molecular flexibility index (Phi) is 5.62. The van der Waals surface area contributed by atoms with Gasteiger partial charge in [0.05, 0.1) is 0 Å². The van der Waals surface area contributed by atoms with Gasteiger partial charge in [0.2, 0.25) is 5.91 Å². The highest BCUT2D eigenvalue weighted by molar-refractivity contribution is 7.09. The van der Waals surface area contributed by atoms with Crippen LogP contribution in [0.5, 0.6) is 0 Å². The van der Waals surface area contributed by atoms with E-state index in [1.54, 1.807) is 15.9 Å². The van der Waals surface area contributed by atoms with Crippen LogP contribution in [0.1, 0.15) is 36.4 Å². The Bertz CT molecular complexity index is 885. The predicted octanol–water partition coefficient (Wildman–Crippen LogP) is 2.79. The molecule has 3 aromatic heterocycles. The lowest BCUT2D eigenvalue weighted by atomic mass is 10.1. The molecule has 0 saturated carbocycles. The fourth-order valence-corrected chi connectivity index (χ4v) is 4.08. The number of piperidine rings is 1. The average molecular weight is 385 g/mol. The fourth-order valence-electron chi connectivity index (χ4n) is 3.37. The third kappa shape index (κ3) is 4.44. The molecule has 0 atom stereocenters. The van der Waals surface area contributed by atoms with E-state index in [4.69, 9.17) is 0 Å². The largest absolute Gasteiger partial charge is 0.368 e. The molecule has 1 N–H and O–H groups in total. The summed E-state index contributed by atoms with van der Waals surface area (Å²) in [6, 6.07) is 8.03. The van der Waals surface area contributed by atoms with Gasteiger partial charge in [0.15, 0.2) is 11.5 Å². The Morgan fingerprint density at radius 3 is 2.81 bits per heavy atom. The van der Waals surface area contributed by atoms with Crippen molar-refractivity contribution in [3.63, 3.8) is 0 Å². The smallest absolute Gasteiger partial charge is 0.223 e. The van der Waals surface area contributed by atoms with Gasteiger partial charge in [-0.3, -0.25) is 4.79 Å². The van der Waals surface area contributed by atoms with Gasteiger partial charge in [-0.15, -0.1) is 26.6 Å². The maximum atomic E-state index is 12.4. The number of rotatable bonds is 7. The SMILES string of the molecule is O=C(CCc1nnc2ccc(NCCc3cccs3)nn12)N1CCCCC1. The summed E-state index contributed by atoms with van der Waals surface area (Å²) in [5.41, 5.74) is 0.708. The summed E-state index contributed by atoms with van der Waals surface area (Å²) in [7, 11) is 0. The summed E-state index contributed by atoms with van der Waals surface area (Å²) < 4.78 is 1.75. The van der Waals surface area contributed by atoms with Gasteiger partial charge >= 0.3 is 0 Å². The van der Waals surface area contributed by atoms with Gasteiger partial charge in [-0.2, -0.15) is 4.52 Å². The normalized spacial score (nSPS) is 14.6. The first kappa shape index (κ1) is 17.9. The van der Waals surface area contributed by atoms with Crippen molar-refractivity contribution in [3.05, 3.63) is 40.3 Å². The van der Waals surface area contributed by atoms with Crippen LogP contribution in [-0.2, 0) is 17.6 Å². The van der Waals surface area contributed by atoms with Gasteiger partial charge in [0, 0.05) is 37.4 Å². The molecule has 1 amide bonds. The monoisotopic (exact) mass is 384 g/mol. The van der Waals surface area contributed by atoms with Gasteiger partial charge in [-0.25, -0.2) is 0 Å². The van der Waals surface area contributed by atoms with Crippen molar-refractivity contribution in [3.8, 4) is 0 Å². The Morgan fingerprint density at radius 2 is 2.00 bits per heavy atom. The first-order valence-corrected chi connectivity index (χ1v) is 10.4. The molecule has 7 nitrogen and oxygen atoms in total. The number of aromatic nitrogens is 4.